The first kappa shape index (κ1) is 21.2. The van der Waals surface area contributed by atoms with Gasteiger partial charge in [-0.15, -0.1) is 0 Å². The number of carbonyl (C=O) groups excluding carboxylic acids is 3. The van der Waals surface area contributed by atoms with Crippen LogP contribution >= 0.6 is 11.8 Å². The van der Waals surface area contributed by atoms with Crippen LogP contribution in [0.3, 0.4) is 0 Å². The molecule has 0 spiro atoms. The quantitative estimate of drug-likeness (QED) is 0.478. The van der Waals surface area contributed by atoms with Crippen LogP contribution in [-0.4, -0.2) is 42.4 Å². The second-order valence-corrected chi connectivity index (χ2v) is 8.50. The Bertz CT molecular complexity index is 1010. The third-order valence-corrected chi connectivity index (χ3v) is 6.28. The zero-order valence-electron chi connectivity index (χ0n) is 17.4. The number of hydrogen-bond acceptors (Lipinski definition) is 6. The summed E-state index contributed by atoms with van der Waals surface area (Å²) in [6, 6.07) is 16.0. The number of nitrogens with zero attached hydrogens (tertiary/aromatic N) is 2. The fourth-order valence-corrected chi connectivity index (χ4v) is 4.70. The zero-order valence-corrected chi connectivity index (χ0v) is 18.2. The lowest BCUT2D eigenvalue weighted by Gasteiger charge is -2.20. The van der Waals surface area contributed by atoms with Gasteiger partial charge in [-0.05, 0) is 55.7 Å². The van der Waals surface area contributed by atoms with Crippen molar-refractivity contribution >= 4 is 35.2 Å². The first-order valence-corrected chi connectivity index (χ1v) is 11.3. The zero-order chi connectivity index (χ0) is 21.8. The molecule has 31 heavy (non-hydrogen) atoms. The van der Waals surface area contributed by atoms with Crippen molar-refractivity contribution in [3.8, 4) is 0 Å². The topological polar surface area (TPSA) is 66.9 Å². The Balaban J connectivity index is 1.62. The molecule has 0 atom stereocenters. The number of benzene rings is 2. The van der Waals surface area contributed by atoms with E-state index in [1.54, 1.807) is 24.3 Å². The molecule has 0 unspecified atom stereocenters. The van der Waals surface area contributed by atoms with Gasteiger partial charge in [0.2, 0.25) is 0 Å². The van der Waals surface area contributed by atoms with E-state index >= 15 is 0 Å². The average Bonchev–Trinajstić information content (AvgIpc) is 3.40. The number of carbonyl (C=O) groups is 3. The first-order chi connectivity index (χ1) is 15.1. The van der Waals surface area contributed by atoms with Gasteiger partial charge in [0, 0.05) is 18.0 Å². The summed E-state index contributed by atoms with van der Waals surface area (Å²) in [6.45, 7) is 3.82. The van der Waals surface area contributed by atoms with Crippen LogP contribution in [0.25, 0.3) is 0 Å². The summed E-state index contributed by atoms with van der Waals surface area (Å²) in [5.74, 6) is -1.06. The van der Waals surface area contributed by atoms with E-state index in [9.17, 15) is 14.4 Å². The number of imide groups is 1. The smallest absolute Gasteiger partial charge is 0.338 e. The van der Waals surface area contributed by atoms with E-state index in [0.29, 0.717) is 28.5 Å². The number of ether oxygens (including phenoxy) is 1. The van der Waals surface area contributed by atoms with Crippen molar-refractivity contribution < 1.29 is 19.1 Å². The molecule has 2 aromatic carbocycles. The van der Waals surface area contributed by atoms with E-state index in [-0.39, 0.29) is 11.8 Å². The number of thioether (sulfide) groups is 1. The van der Waals surface area contributed by atoms with Gasteiger partial charge in [0.15, 0.2) is 0 Å². The van der Waals surface area contributed by atoms with Crippen LogP contribution in [0.15, 0.2) is 70.1 Å². The largest absolute Gasteiger partial charge is 0.462 e. The minimum absolute atomic E-state index is 0.313. The lowest BCUT2D eigenvalue weighted by Crippen LogP contribution is -2.34. The summed E-state index contributed by atoms with van der Waals surface area (Å²) in [5, 5.41) is 0. The van der Waals surface area contributed by atoms with Crippen molar-refractivity contribution in [2.45, 2.75) is 31.1 Å². The van der Waals surface area contributed by atoms with Gasteiger partial charge in [0.05, 0.1) is 17.9 Å². The van der Waals surface area contributed by atoms with E-state index < -0.39 is 5.97 Å². The summed E-state index contributed by atoms with van der Waals surface area (Å²) in [5.41, 5.74) is 1.31. The number of esters is 1. The molecule has 7 heteroatoms. The van der Waals surface area contributed by atoms with Crippen molar-refractivity contribution in [2.75, 3.05) is 24.6 Å². The lowest BCUT2D eigenvalue weighted by molar-refractivity contribution is -0.121. The summed E-state index contributed by atoms with van der Waals surface area (Å²) in [4.78, 5) is 43.4. The van der Waals surface area contributed by atoms with Gasteiger partial charge in [0.25, 0.3) is 11.8 Å². The number of hydrogen-bond donors (Lipinski definition) is 0. The van der Waals surface area contributed by atoms with Gasteiger partial charge in [-0.25, -0.2) is 9.69 Å². The predicted octanol–water partition coefficient (Wildman–Crippen LogP) is 4.23. The lowest BCUT2D eigenvalue weighted by atomic mass is 10.2. The molecule has 160 valence electrons. The molecule has 2 heterocycles. The highest BCUT2D eigenvalue weighted by Gasteiger charge is 2.43. The van der Waals surface area contributed by atoms with Gasteiger partial charge >= 0.3 is 5.97 Å². The maximum Gasteiger partial charge on any atom is 0.338 e. The van der Waals surface area contributed by atoms with Crippen LogP contribution in [0.2, 0.25) is 0 Å². The summed E-state index contributed by atoms with van der Waals surface area (Å²) < 4.78 is 5.15. The van der Waals surface area contributed by atoms with Gasteiger partial charge in [-0.1, -0.05) is 36.9 Å². The Morgan fingerprint density at radius 2 is 1.65 bits per heavy atom. The molecule has 0 aliphatic carbocycles. The van der Waals surface area contributed by atoms with E-state index in [1.807, 2.05) is 42.2 Å². The van der Waals surface area contributed by atoms with Crippen LogP contribution in [0.1, 0.15) is 36.5 Å². The van der Waals surface area contributed by atoms with Gasteiger partial charge in [-0.2, -0.15) is 0 Å². The molecule has 4 rings (SSSR count). The van der Waals surface area contributed by atoms with Crippen molar-refractivity contribution in [3.63, 3.8) is 0 Å². The fourth-order valence-electron chi connectivity index (χ4n) is 3.68. The second kappa shape index (κ2) is 9.39. The molecular formula is C24H24N2O4S. The van der Waals surface area contributed by atoms with Gasteiger partial charge in [0.1, 0.15) is 10.6 Å². The maximum atomic E-state index is 13.4. The summed E-state index contributed by atoms with van der Waals surface area (Å²) in [6.07, 6.45) is 2.75. The van der Waals surface area contributed by atoms with E-state index in [1.165, 1.54) is 16.7 Å². The highest BCUT2D eigenvalue weighted by molar-refractivity contribution is 8.04. The molecule has 0 N–H and O–H groups in total. The predicted molar refractivity (Wildman–Crippen MR) is 120 cm³/mol. The fraction of sp³-hybridized carbons (Fsp3) is 0.292. The Morgan fingerprint density at radius 1 is 0.968 bits per heavy atom. The highest BCUT2D eigenvalue weighted by Crippen LogP contribution is 2.39. The minimum Gasteiger partial charge on any atom is -0.462 e. The standard InChI is InChI=1S/C24H24N2O4S/c1-2-16-30-24(29)17-10-12-18(13-11-17)26-22(27)20(25-14-6-7-15-25)21(23(26)28)31-19-8-4-3-5-9-19/h3-5,8-13H,2,6-7,14-16H2,1H3. The van der Waals surface area contributed by atoms with Crippen LogP contribution in [0.4, 0.5) is 5.69 Å². The SMILES string of the molecule is CCCOC(=O)c1ccc(N2C(=O)C(Sc3ccccc3)=C(N3CCCC3)C2=O)cc1. The van der Waals surface area contributed by atoms with Gasteiger partial charge in [-0.3, -0.25) is 9.59 Å². The molecule has 0 saturated carbocycles. The molecule has 2 aromatic rings. The Morgan fingerprint density at radius 3 is 2.29 bits per heavy atom. The first-order valence-electron chi connectivity index (χ1n) is 10.5. The average molecular weight is 437 g/mol. The van der Waals surface area contributed by atoms with Crippen molar-refractivity contribution in [3.05, 3.63) is 70.8 Å². The molecule has 0 radical (unpaired) electrons. The summed E-state index contributed by atoms with van der Waals surface area (Å²) in [7, 11) is 0. The monoisotopic (exact) mass is 436 g/mol. The molecular weight excluding hydrogens is 412 g/mol. The maximum absolute atomic E-state index is 13.4. The van der Waals surface area contributed by atoms with Crippen LogP contribution in [0.5, 0.6) is 0 Å². The number of likely N-dealkylation sites (tertiary alicyclic amines) is 1. The van der Waals surface area contributed by atoms with E-state index in [0.717, 1.165) is 37.2 Å². The Kier molecular flexibility index (Phi) is 6.42. The molecule has 2 aliphatic heterocycles. The normalized spacial score (nSPS) is 16.4. The molecule has 1 saturated heterocycles. The van der Waals surface area contributed by atoms with Crippen molar-refractivity contribution in [2.24, 2.45) is 0 Å². The van der Waals surface area contributed by atoms with Crippen LogP contribution in [0, 0.1) is 0 Å². The third-order valence-electron chi connectivity index (χ3n) is 5.20. The second-order valence-electron chi connectivity index (χ2n) is 7.42. The van der Waals surface area contributed by atoms with Crippen LogP contribution < -0.4 is 4.90 Å². The van der Waals surface area contributed by atoms with Crippen LogP contribution in [-0.2, 0) is 14.3 Å². The summed E-state index contributed by atoms with van der Waals surface area (Å²) >= 11 is 1.33. The van der Waals surface area contributed by atoms with Crippen molar-refractivity contribution in [1.29, 1.82) is 0 Å². The molecule has 1 fully saturated rings. The molecule has 2 amide bonds. The van der Waals surface area contributed by atoms with E-state index in [4.69, 9.17) is 4.74 Å². The molecule has 6 nitrogen and oxygen atoms in total. The number of amides is 2. The molecule has 0 bridgehead atoms. The Hall–Kier alpha value is -3.06. The van der Waals surface area contributed by atoms with Gasteiger partial charge < -0.3 is 9.64 Å². The van der Waals surface area contributed by atoms with Crippen molar-refractivity contribution in [1.82, 2.24) is 4.90 Å². The minimum atomic E-state index is -0.413. The Labute approximate surface area is 185 Å². The molecule has 2 aliphatic rings. The number of rotatable bonds is 7. The van der Waals surface area contributed by atoms with E-state index in [2.05, 4.69) is 0 Å². The third kappa shape index (κ3) is 4.37. The highest BCUT2D eigenvalue weighted by atomic mass is 32.2. The molecule has 0 aromatic heterocycles. The number of anilines is 1.